The van der Waals surface area contributed by atoms with Crippen molar-refractivity contribution in [3.8, 4) is 0 Å². The summed E-state index contributed by atoms with van der Waals surface area (Å²) in [7, 11) is 0. The van der Waals surface area contributed by atoms with Gasteiger partial charge in [-0.2, -0.15) is 0 Å². The van der Waals surface area contributed by atoms with Gasteiger partial charge in [0.25, 0.3) is 0 Å². The summed E-state index contributed by atoms with van der Waals surface area (Å²) in [6.45, 7) is 3.15. The minimum atomic E-state index is -0.392. The smallest absolute Gasteiger partial charge is 0.144 e. The van der Waals surface area contributed by atoms with Crippen molar-refractivity contribution in [3.05, 3.63) is 28.8 Å². The molecule has 1 heterocycles. The predicted octanol–water partition coefficient (Wildman–Crippen LogP) is 4.80. The molecule has 0 saturated heterocycles. The van der Waals surface area contributed by atoms with Crippen LogP contribution in [0, 0.1) is 11.2 Å². The van der Waals surface area contributed by atoms with E-state index in [9.17, 15) is 4.39 Å². The molecule has 5 heteroatoms. The molecule has 0 spiro atoms. The second-order valence-corrected chi connectivity index (χ2v) is 6.76. The second kappa shape index (κ2) is 5.19. The molecule has 20 heavy (non-hydrogen) atoms. The van der Waals surface area contributed by atoms with Gasteiger partial charge < -0.3 is 4.57 Å². The van der Waals surface area contributed by atoms with Crippen LogP contribution in [0.25, 0.3) is 11.0 Å². The highest BCUT2D eigenvalue weighted by atomic mass is 35.5. The average Bonchev–Trinajstić information content (AvgIpc) is 2.67. The van der Waals surface area contributed by atoms with Gasteiger partial charge in [0, 0.05) is 24.9 Å². The van der Waals surface area contributed by atoms with E-state index in [4.69, 9.17) is 23.2 Å². The van der Waals surface area contributed by atoms with Gasteiger partial charge in [-0.05, 0) is 24.3 Å². The summed E-state index contributed by atoms with van der Waals surface area (Å²) >= 11 is 11.7. The van der Waals surface area contributed by atoms with Gasteiger partial charge in [0.2, 0.25) is 0 Å². The van der Waals surface area contributed by atoms with Gasteiger partial charge in [0.1, 0.15) is 11.6 Å². The molecule has 2 aromatic rings. The van der Waals surface area contributed by atoms with E-state index in [1.54, 1.807) is 6.07 Å². The third-order valence-corrected chi connectivity index (χ3v) is 4.77. The highest BCUT2D eigenvalue weighted by molar-refractivity contribution is 6.31. The van der Waals surface area contributed by atoms with Crippen molar-refractivity contribution < 1.29 is 4.39 Å². The van der Waals surface area contributed by atoms with Gasteiger partial charge in [-0.3, -0.25) is 0 Å². The van der Waals surface area contributed by atoms with Crippen molar-refractivity contribution in [2.45, 2.75) is 39.2 Å². The SMILES string of the molecule is CC1(Cn2c(CCCl)nc3cc(Cl)c(F)cc32)CCC1. The monoisotopic (exact) mass is 314 g/mol. The quantitative estimate of drug-likeness (QED) is 0.741. The Morgan fingerprint density at radius 2 is 2.15 bits per heavy atom. The van der Waals surface area contributed by atoms with E-state index in [1.807, 2.05) is 0 Å². The zero-order chi connectivity index (χ0) is 14.3. The summed E-state index contributed by atoms with van der Waals surface area (Å²) < 4.78 is 15.9. The van der Waals surface area contributed by atoms with E-state index in [0.29, 0.717) is 17.7 Å². The van der Waals surface area contributed by atoms with Crippen molar-refractivity contribution in [1.29, 1.82) is 0 Å². The zero-order valence-electron chi connectivity index (χ0n) is 11.4. The number of hydrogen-bond donors (Lipinski definition) is 0. The Kier molecular flexibility index (Phi) is 3.67. The van der Waals surface area contributed by atoms with Crippen LogP contribution in [0.15, 0.2) is 12.1 Å². The number of alkyl halides is 1. The van der Waals surface area contributed by atoms with Crippen LogP contribution < -0.4 is 0 Å². The van der Waals surface area contributed by atoms with Crippen LogP contribution in [0.5, 0.6) is 0 Å². The van der Waals surface area contributed by atoms with Crippen molar-refractivity contribution in [2.24, 2.45) is 5.41 Å². The summed E-state index contributed by atoms with van der Waals surface area (Å²) in [5.74, 6) is 1.04. The number of hydrogen-bond acceptors (Lipinski definition) is 1. The van der Waals surface area contributed by atoms with Crippen molar-refractivity contribution >= 4 is 34.2 Å². The van der Waals surface area contributed by atoms with Crippen LogP contribution in [-0.4, -0.2) is 15.4 Å². The Balaban J connectivity index is 2.10. The maximum Gasteiger partial charge on any atom is 0.144 e. The Bertz CT molecular complexity index is 647. The van der Waals surface area contributed by atoms with Gasteiger partial charge in [0.05, 0.1) is 16.1 Å². The largest absolute Gasteiger partial charge is 0.327 e. The number of aryl methyl sites for hydroxylation is 1. The van der Waals surface area contributed by atoms with E-state index in [1.165, 1.54) is 25.3 Å². The zero-order valence-corrected chi connectivity index (χ0v) is 12.9. The summed E-state index contributed by atoms with van der Waals surface area (Å²) in [5.41, 5.74) is 1.87. The first-order valence-corrected chi connectivity index (χ1v) is 7.84. The van der Waals surface area contributed by atoms with Gasteiger partial charge >= 0.3 is 0 Å². The minimum absolute atomic E-state index is 0.120. The third kappa shape index (κ3) is 2.42. The number of aromatic nitrogens is 2. The van der Waals surface area contributed by atoms with Crippen LogP contribution in [0.1, 0.15) is 32.0 Å². The molecule has 0 radical (unpaired) electrons. The number of rotatable bonds is 4. The lowest BCUT2D eigenvalue weighted by Gasteiger charge is -2.39. The average molecular weight is 315 g/mol. The maximum absolute atomic E-state index is 13.8. The van der Waals surface area contributed by atoms with E-state index in [0.717, 1.165) is 23.4 Å². The van der Waals surface area contributed by atoms with Crippen LogP contribution in [0.3, 0.4) is 0 Å². The van der Waals surface area contributed by atoms with Gasteiger partial charge in [0.15, 0.2) is 0 Å². The molecule has 0 aliphatic heterocycles. The number of halogens is 3. The maximum atomic E-state index is 13.8. The Hall–Kier alpha value is -0.800. The molecule has 0 N–H and O–H groups in total. The second-order valence-electron chi connectivity index (χ2n) is 5.97. The Labute approximate surface area is 127 Å². The van der Waals surface area contributed by atoms with Crippen molar-refractivity contribution in [1.82, 2.24) is 9.55 Å². The first-order chi connectivity index (χ1) is 9.52. The molecule has 2 nitrogen and oxygen atoms in total. The van der Waals surface area contributed by atoms with E-state index < -0.39 is 5.82 Å². The number of fused-ring (bicyclic) bond motifs is 1. The molecule has 1 saturated carbocycles. The fourth-order valence-corrected chi connectivity index (χ4v) is 3.27. The first kappa shape index (κ1) is 14.2. The third-order valence-electron chi connectivity index (χ3n) is 4.29. The number of nitrogens with zero attached hydrogens (tertiary/aromatic N) is 2. The molecule has 1 aromatic carbocycles. The topological polar surface area (TPSA) is 17.8 Å². The van der Waals surface area contributed by atoms with Crippen molar-refractivity contribution in [2.75, 3.05) is 5.88 Å². The normalized spacial score (nSPS) is 17.4. The molecule has 108 valence electrons. The van der Waals surface area contributed by atoms with Gasteiger partial charge in [-0.15, -0.1) is 11.6 Å². The minimum Gasteiger partial charge on any atom is -0.327 e. The molecule has 0 amide bonds. The molecule has 1 fully saturated rings. The summed E-state index contributed by atoms with van der Waals surface area (Å²) in [4.78, 5) is 4.57. The van der Waals surface area contributed by atoms with Gasteiger partial charge in [-0.1, -0.05) is 24.9 Å². The fraction of sp³-hybridized carbons (Fsp3) is 0.533. The van der Waals surface area contributed by atoms with Gasteiger partial charge in [-0.25, -0.2) is 9.37 Å². The van der Waals surface area contributed by atoms with Crippen LogP contribution in [-0.2, 0) is 13.0 Å². The summed E-state index contributed by atoms with van der Waals surface area (Å²) in [6, 6.07) is 3.09. The lowest BCUT2D eigenvalue weighted by Crippen LogP contribution is -2.31. The first-order valence-electron chi connectivity index (χ1n) is 6.92. The van der Waals surface area contributed by atoms with E-state index >= 15 is 0 Å². The molecule has 1 aliphatic carbocycles. The molecular weight excluding hydrogens is 298 g/mol. The Morgan fingerprint density at radius 3 is 2.75 bits per heavy atom. The van der Waals surface area contributed by atoms with Crippen LogP contribution in [0.2, 0.25) is 5.02 Å². The van der Waals surface area contributed by atoms with E-state index in [-0.39, 0.29) is 5.02 Å². The molecule has 0 atom stereocenters. The lowest BCUT2D eigenvalue weighted by molar-refractivity contribution is 0.132. The fourth-order valence-electron chi connectivity index (χ4n) is 2.94. The highest BCUT2D eigenvalue weighted by Crippen LogP contribution is 2.42. The molecule has 1 aliphatic rings. The van der Waals surface area contributed by atoms with E-state index in [2.05, 4.69) is 16.5 Å². The predicted molar refractivity (Wildman–Crippen MR) is 81.1 cm³/mol. The summed E-state index contributed by atoms with van der Waals surface area (Å²) in [5, 5.41) is 0.120. The van der Waals surface area contributed by atoms with Crippen molar-refractivity contribution in [3.63, 3.8) is 0 Å². The molecule has 3 rings (SSSR count). The van der Waals surface area contributed by atoms with Crippen LogP contribution in [0.4, 0.5) is 4.39 Å². The number of imidazole rings is 1. The Morgan fingerprint density at radius 1 is 1.40 bits per heavy atom. The number of benzene rings is 1. The molecular formula is C15H17Cl2FN2. The standard InChI is InChI=1S/C15H17Cl2FN2/c1-15(4-2-5-15)9-20-13-8-11(18)10(17)7-12(13)19-14(20)3-6-16/h7-8H,2-6,9H2,1H3. The summed E-state index contributed by atoms with van der Waals surface area (Å²) in [6.07, 6.45) is 4.38. The molecule has 0 bridgehead atoms. The molecule has 0 unspecified atom stereocenters. The highest BCUT2D eigenvalue weighted by Gasteiger charge is 2.33. The molecule has 1 aromatic heterocycles. The lowest BCUT2D eigenvalue weighted by atomic mass is 9.70. The van der Waals surface area contributed by atoms with Crippen LogP contribution >= 0.6 is 23.2 Å².